The van der Waals surface area contributed by atoms with Crippen molar-refractivity contribution < 1.29 is 4.74 Å². The molecule has 0 bridgehead atoms. The monoisotopic (exact) mass is 269 g/mol. The molecule has 2 nitrogen and oxygen atoms in total. The van der Waals surface area contributed by atoms with Crippen LogP contribution in [0.1, 0.15) is 5.56 Å². The lowest BCUT2D eigenvalue weighted by atomic mass is 10.2. The first-order chi connectivity index (χ1) is 7.77. The summed E-state index contributed by atoms with van der Waals surface area (Å²) in [5, 5.41) is 0.706. The number of hydrogen-bond donors (Lipinski definition) is 1. The van der Waals surface area contributed by atoms with E-state index in [4.69, 9.17) is 22.1 Å². The van der Waals surface area contributed by atoms with Crippen LogP contribution in [0.15, 0.2) is 48.5 Å². The minimum Gasteiger partial charge on any atom is -0.487 e. The Hall–Kier alpha value is -1.38. The number of nitrogen functional groups attached to an aromatic ring is 1. The molecular weight excluding hydrogens is 257 g/mol. The maximum absolute atomic E-state index is 6.02. The van der Waals surface area contributed by atoms with Crippen LogP contribution in [0, 0.1) is 0 Å². The quantitative estimate of drug-likeness (QED) is 0.858. The van der Waals surface area contributed by atoms with Crippen LogP contribution < -0.4 is 10.5 Å². The molecule has 0 fully saturated rings. The number of rotatable bonds is 3. The summed E-state index contributed by atoms with van der Waals surface area (Å²) in [5.41, 5.74) is 7.35. The smallest absolute Gasteiger partial charge is 0.142 e. The minimum atomic E-state index is 0. The molecule has 2 aromatic carbocycles. The van der Waals surface area contributed by atoms with Gasteiger partial charge in [-0.2, -0.15) is 0 Å². The van der Waals surface area contributed by atoms with Gasteiger partial charge in [-0.25, -0.2) is 0 Å². The summed E-state index contributed by atoms with van der Waals surface area (Å²) in [6.07, 6.45) is 0. The normalized spacial score (nSPS) is 9.47. The van der Waals surface area contributed by atoms with Gasteiger partial charge in [-0.1, -0.05) is 41.9 Å². The highest BCUT2D eigenvalue weighted by molar-refractivity contribution is 6.31. The van der Waals surface area contributed by atoms with E-state index in [9.17, 15) is 0 Å². The third-order valence-electron chi connectivity index (χ3n) is 2.26. The molecule has 0 aliphatic carbocycles. The highest BCUT2D eigenvalue weighted by Gasteiger charge is 2.02. The molecule has 2 rings (SSSR count). The molecule has 2 aromatic rings. The van der Waals surface area contributed by atoms with Gasteiger partial charge in [-0.05, 0) is 18.2 Å². The largest absolute Gasteiger partial charge is 0.487 e. The fourth-order valence-electron chi connectivity index (χ4n) is 1.38. The van der Waals surface area contributed by atoms with Crippen molar-refractivity contribution in [3.8, 4) is 5.75 Å². The summed E-state index contributed by atoms with van der Waals surface area (Å²) in [5.74, 6) is 0.683. The van der Waals surface area contributed by atoms with Gasteiger partial charge in [0.25, 0.3) is 0 Å². The Balaban J connectivity index is 0.00000144. The first kappa shape index (κ1) is 13.7. The van der Waals surface area contributed by atoms with E-state index >= 15 is 0 Å². The fourth-order valence-corrected chi connectivity index (χ4v) is 1.57. The fraction of sp³-hybridized carbons (Fsp3) is 0.0769. The van der Waals surface area contributed by atoms with Gasteiger partial charge in [0.1, 0.15) is 12.4 Å². The molecule has 90 valence electrons. The van der Waals surface area contributed by atoms with Gasteiger partial charge < -0.3 is 10.5 Å². The Morgan fingerprint density at radius 3 is 2.35 bits per heavy atom. The Bertz CT molecular complexity index is 443. The van der Waals surface area contributed by atoms with E-state index in [0.717, 1.165) is 5.56 Å². The number of nitrogens with two attached hydrogens (primary N) is 1. The van der Waals surface area contributed by atoms with E-state index in [1.807, 2.05) is 48.5 Å². The number of hydrogen-bond acceptors (Lipinski definition) is 2. The molecule has 0 saturated heterocycles. The number of para-hydroxylation sites is 2. The highest BCUT2D eigenvalue weighted by Crippen LogP contribution is 2.23. The van der Waals surface area contributed by atoms with Crippen LogP contribution in [0.2, 0.25) is 5.02 Å². The minimum absolute atomic E-state index is 0. The van der Waals surface area contributed by atoms with Crippen molar-refractivity contribution in [2.75, 3.05) is 5.73 Å². The van der Waals surface area contributed by atoms with Crippen LogP contribution in [0.3, 0.4) is 0 Å². The second-order valence-electron chi connectivity index (χ2n) is 3.42. The van der Waals surface area contributed by atoms with Crippen molar-refractivity contribution in [2.45, 2.75) is 6.61 Å². The van der Waals surface area contributed by atoms with E-state index < -0.39 is 0 Å². The summed E-state index contributed by atoms with van der Waals surface area (Å²) in [6, 6.07) is 15.0. The molecule has 0 spiro atoms. The number of halogens is 2. The average Bonchev–Trinajstić information content (AvgIpc) is 2.30. The van der Waals surface area contributed by atoms with E-state index in [-0.39, 0.29) is 12.4 Å². The van der Waals surface area contributed by atoms with Gasteiger partial charge in [-0.3, -0.25) is 0 Å². The Labute approximate surface area is 112 Å². The first-order valence-corrected chi connectivity index (χ1v) is 5.36. The van der Waals surface area contributed by atoms with Crippen molar-refractivity contribution in [1.82, 2.24) is 0 Å². The van der Waals surface area contributed by atoms with Gasteiger partial charge in [0.2, 0.25) is 0 Å². The summed E-state index contributed by atoms with van der Waals surface area (Å²) in [6.45, 7) is 0.424. The first-order valence-electron chi connectivity index (χ1n) is 4.98. The predicted octanol–water partition coefficient (Wildman–Crippen LogP) is 3.92. The second kappa shape index (κ2) is 6.38. The molecule has 0 amide bonds. The van der Waals surface area contributed by atoms with Crippen LogP contribution in [-0.4, -0.2) is 0 Å². The van der Waals surface area contributed by atoms with Crippen LogP contribution >= 0.6 is 24.0 Å². The SMILES string of the molecule is Cl.Nc1ccccc1OCc1ccccc1Cl. The summed E-state index contributed by atoms with van der Waals surface area (Å²) >= 11 is 6.02. The predicted molar refractivity (Wildman–Crippen MR) is 73.9 cm³/mol. The van der Waals surface area contributed by atoms with E-state index in [1.165, 1.54) is 0 Å². The average molecular weight is 270 g/mol. The van der Waals surface area contributed by atoms with Gasteiger partial charge in [0.05, 0.1) is 5.69 Å². The highest BCUT2D eigenvalue weighted by atomic mass is 35.5. The summed E-state index contributed by atoms with van der Waals surface area (Å²) in [4.78, 5) is 0. The Morgan fingerprint density at radius 1 is 1.00 bits per heavy atom. The van der Waals surface area contributed by atoms with Crippen molar-refractivity contribution >= 4 is 29.7 Å². The van der Waals surface area contributed by atoms with Crippen LogP contribution in [0.5, 0.6) is 5.75 Å². The van der Waals surface area contributed by atoms with E-state index in [0.29, 0.717) is 23.1 Å². The molecule has 17 heavy (non-hydrogen) atoms. The lowest BCUT2D eigenvalue weighted by molar-refractivity contribution is 0.308. The molecule has 0 aliphatic heterocycles. The zero-order valence-electron chi connectivity index (χ0n) is 9.10. The molecule has 0 unspecified atom stereocenters. The zero-order valence-corrected chi connectivity index (χ0v) is 10.7. The standard InChI is InChI=1S/C13H12ClNO.ClH/c14-11-6-2-1-5-10(11)9-16-13-8-4-3-7-12(13)15;/h1-8H,9,15H2;1H. The number of ether oxygens (including phenoxy) is 1. The van der Waals surface area contributed by atoms with Crippen LogP contribution in [0.4, 0.5) is 5.69 Å². The van der Waals surface area contributed by atoms with Crippen LogP contribution in [0.25, 0.3) is 0 Å². The lowest BCUT2D eigenvalue weighted by Crippen LogP contribution is -1.98. The van der Waals surface area contributed by atoms with Gasteiger partial charge in [0, 0.05) is 10.6 Å². The Morgan fingerprint density at radius 2 is 1.65 bits per heavy atom. The topological polar surface area (TPSA) is 35.2 Å². The van der Waals surface area contributed by atoms with Gasteiger partial charge in [-0.15, -0.1) is 12.4 Å². The molecule has 0 atom stereocenters. The molecule has 4 heteroatoms. The molecular formula is C13H13Cl2NO. The molecule has 0 radical (unpaired) electrons. The molecule has 0 aliphatic rings. The zero-order chi connectivity index (χ0) is 11.4. The summed E-state index contributed by atoms with van der Waals surface area (Å²) < 4.78 is 5.59. The van der Waals surface area contributed by atoms with E-state index in [2.05, 4.69) is 0 Å². The molecule has 0 saturated carbocycles. The van der Waals surface area contributed by atoms with Crippen molar-refractivity contribution in [1.29, 1.82) is 0 Å². The van der Waals surface area contributed by atoms with Gasteiger partial charge in [0.15, 0.2) is 0 Å². The van der Waals surface area contributed by atoms with Crippen molar-refractivity contribution in [3.05, 3.63) is 59.1 Å². The number of benzene rings is 2. The third kappa shape index (κ3) is 3.55. The summed E-state index contributed by atoms with van der Waals surface area (Å²) in [7, 11) is 0. The Kier molecular flexibility index (Phi) is 5.13. The van der Waals surface area contributed by atoms with Crippen molar-refractivity contribution in [3.63, 3.8) is 0 Å². The maximum atomic E-state index is 6.02. The van der Waals surface area contributed by atoms with Crippen LogP contribution in [-0.2, 0) is 6.61 Å². The molecule has 2 N–H and O–H groups in total. The van der Waals surface area contributed by atoms with E-state index in [1.54, 1.807) is 0 Å². The molecule has 0 heterocycles. The number of anilines is 1. The lowest BCUT2D eigenvalue weighted by Gasteiger charge is -2.09. The molecule has 0 aromatic heterocycles. The van der Waals surface area contributed by atoms with Gasteiger partial charge >= 0.3 is 0 Å². The maximum Gasteiger partial charge on any atom is 0.142 e. The third-order valence-corrected chi connectivity index (χ3v) is 2.63. The second-order valence-corrected chi connectivity index (χ2v) is 3.83. The van der Waals surface area contributed by atoms with Crippen molar-refractivity contribution in [2.24, 2.45) is 0 Å².